The van der Waals surface area contributed by atoms with Crippen molar-refractivity contribution in [2.45, 2.75) is 13.8 Å². The third-order valence-corrected chi connectivity index (χ3v) is 1.76. The smallest absolute Gasteiger partial charge is 0.112 e. The van der Waals surface area contributed by atoms with Crippen molar-refractivity contribution in [3.63, 3.8) is 0 Å². The van der Waals surface area contributed by atoms with Crippen LogP contribution in [-0.2, 0) is 0 Å². The molecule has 0 atom stereocenters. The normalized spacial score (nSPS) is 10.5. The van der Waals surface area contributed by atoms with Gasteiger partial charge in [0.25, 0.3) is 0 Å². The summed E-state index contributed by atoms with van der Waals surface area (Å²) in [6.07, 6.45) is 2.83. The molecule has 1 radical (unpaired) electrons. The molecule has 0 amide bonds. The molecule has 0 saturated carbocycles. The Labute approximate surface area is 71.3 Å². The van der Waals surface area contributed by atoms with Crippen LogP contribution >= 0.6 is 0 Å². The fourth-order valence-electron chi connectivity index (χ4n) is 1.16. The highest BCUT2D eigenvalue weighted by atomic mass is 14.8. The van der Waals surface area contributed by atoms with Crippen LogP contribution in [0.2, 0.25) is 0 Å². The molecule has 0 aliphatic carbocycles. The first-order valence-electron chi connectivity index (χ1n) is 3.88. The molecule has 0 fully saturated rings. The van der Waals surface area contributed by atoms with Crippen molar-refractivity contribution < 1.29 is 0 Å². The van der Waals surface area contributed by atoms with E-state index >= 15 is 0 Å². The van der Waals surface area contributed by atoms with Crippen LogP contribution in [0.25, 0.3) is 11.0 Å². The van der Waals surface area contributed by atoms with Crippen LogP contribution in [0.4, 0.5) is 0 Å². The summed E-state index contributed by atoms with van der Waals surface area (Å²) in [6.45, 7) is 3.95. The Morgan fingerprint density at radius 1 is 1.17 bits per heavy atom. The number of hydrogen-bond acceptors (Lipinski definition) is 2. The molecule has 0 unspecified atom stereocenters. The van der Waals surface area contributed by atoms with Gasteiger partial charge in [0.05, 0.1) is 16.7 Å². The largest absolute Gasteiger partial charge is 0.249 e. The molecular weight excluding hydrogens is 148 g/mol. The molecule has 1 aromatic heterocycles. The van der Waals surface area contributed by atoms with Crippen LogP contribution in [0.1, 0.15) is 11.3 Å². The van der Waals surface area contributed by atoms with Crippen molar-refractivity contribution in [1.29, 1.82) is 0 Å². The molecule has 2 nitrogen and oxygen atoms in total. The molecule has 59 valence electrons. The highest BCUT2D eigenvalue weighted by Gasteiger charge is 1.96. The summed E-state index contributed by atoms with van der Waals surface area (Å²) >= 11 is 0. The number of aromatic nitrogens is 2. The minimum absolute atomic E-state index is 0.841. The molecule has 2 aromatic rings. The SMILES string of the molecule is Cc1ccc2n[c]c(C)nc2c1. The van der Waals surface area contributed by atoms with Gasteiger partial charge in [0.2, 0.25) is 0 Å². The number of aryl methyl sites for hydroxylation is 2. The first kappa shape index (κ1) is 7.22. The van der Waals surface area contributed by atoms with Gasteiger partial charge >= 0.3 is 0 Å². The van der Waals surface area contributed by atoms with Gasteiger partial charge < -0.3 is 0 Å². The molecule has 0 N–H and O–H groups in total. The molecule has 12 heavy (non-hydrogen) atoms. The van der Waals surface area contributed by atoms with Crippen molar-refractivity contribution in [2.75, 3.05) is 0 Å². The minimum Gasteiger partial charge on any atom is -0.249 e. The van der Waals surface area contributed by atoms with Gasteiger partial charge in [-0.2, -0.15) is 0 Å². The average Bonchev–Trinajstić information content (AvgIpc) is 2.03. The standard InChI is InChI=1S/C10H9N2/c1-7-3-4-9-10(5-7)12-8(2)6-11-9/h3-5H,1-2H3. The van der Waals surface area contributed by atoms with Crippen LogP contribution in [0, 0.1) is 20.0 Å². The molecule has 1 aromatic carbocycles. The van der Waals surface area contributed by atoms with Crippen molar-refractivity contribution in [3.05, 3.63) is 35.7 Å². The quantitative estimate of drug-likeness (QED) is 0.585. The van der Waals surface area contributed by atoms with Crippen molar-refractivity contribution in [2.24, 2.45) is 0 Å². The zero-order valence-corrected chi connectivity index (χ0v) is 7.13. The lowest BCUT2D eigenvalue weighted by Gasteiger charge is -1.97. The minimum atomic E-state index is 0.841. The maximum Gasteiger partial charge on any atom is 0.112 e. The van der Waals surface area contributed by atoms with Crippen molar-refractivity contribution >= 4 is 11.0 Å². The Bertz CT molecular complexity index is 384. The summed E-state index contributed by atoms with van der Waals surface area (Å²) in [5.74, 6) is 0. The molecular formula is C10H9N2. The highest BCUT2D eigenvalue weighted by Crippen LogP contribution is 2.10. The summed E-state index contributed by atoms with van der Waals surface area (Å²) in [7, 11) is 0. The van der Waals surface area contributed by atoms with E-state index < -0.39 is 0 Å². The maximum absolute atomic E-state index is 4.32. The fourth-order valence-corrected chi connectivity index (χ4v) is 1.16. The first-order chi connectivity index (χ1) is 5.75. The lowest BCUT2D eigenvalue weighted by Crippen LogP contribution is -1.87. The second-order valence-electron chi connectivity index (χ2n) is 2.91. The summed E-state index contributed by atoms with van der Waals surface area (Å²) in [5, 5.41) is 0. The maximum atomic E-state index is 4.32. The predicted octanol–water partition coefficient (Wildman–Crippen LogP) is 2.05. The van der Waals surface area contributed by atoms with Crippen LogP contribution in [0.5, 0.6) is 0 Å². The van der Waals surface area contributed by atoms with E-state index in [4.69, 9.17) is 0 Å². The Morgan fingerprint density at radius 3 is 2.83 bits per heavy atom. The monoisotopic (exact) mass is 157 g/mol. The second kappa shape index (κ2) is 2.55. The Kier molecular flexibility index (Phi) is 1.54. The second-order valence-corrected chi connectivity index (χ2v) is 2.91. The lowest BCUT2D eigenvalue weighted by molar-refractivity contribution is 1.17. The van der Waals surface area contributed by atoms with E-state index in [1.165, 1.54) is 5.56 Å². The fraction of sp³-hybridized carbons (Fsp3) is 0.200. The number of hydrogen-bond donors (Lipinski definition) is 0. The third kappa shape index (κ3) is 1.16. The van der Waals surface area contributed by atoms with Gasteiger partial charge in [-0.05, 0) is 31.5 Å². The van der Waals surface area contributed by atoms with E-state index in [0.717, 1.165) is 16.7 Å². The molecule has 2 heteroatoms. The molecule has 1 heterocycles. The van der Waals surface area contributed by atoms with Gasteiger partial charge in [-0.25, -0.2) is 9.97 Å². The van der Waals surface area contributed by atoms with Gasteiger partial charge in [0.15, 0.2) is 0 Å². The number of benzene rings is 1. The van der Waals surface area contributed by atoms with Gasteiger partial charge in [0.1, 0.15) is 6.20 Å². The van der Waals surface area contributed by atoms with Crippen LogP contribution in [-0.4, -0.2) is 9.97 Å². The van der Waals surface area contributed by atoms with Gasteiger partial charge in [-0.1, -0.05) is 6.07 Å². The van der Waals surface area contributed by atoms with Crippen molar-refractivity contribution in [1.82, 2.24) is 9.97 Å². The molecule has 0 bridgehead atoms. The topological polar surface area (TPSA) is 25.8 Å². The van der Waals surface area contributed by atoms with E-state index in [-0.39, 0.29) is 0 Å². The molecule has 0 spiro atoms. The van der Waals surface area contributed by atoms with E-state index in [2.05, 4.69) is 16.2 Å². The Balaban J connectivity index is 2.80. The van der Waals surface area contributed by atoms with Gasteiger partial charge in [-0.15, -0.1) is 0 Å². The Morgan fingerprint density at radius 2 is 2.00 bits per heavy atom. The molecule has 2 rings (SSSR count). The lowest BCUT2D eigenvalue weighted by atomic mass is 10.2. The van der Waals surface area contributed by atoms with E-state index in [9.17, 15) is 0 Å². The molecule has 0 aliphatic heterocycles. The number of rotatable bonds is 0. The first-order valence-corrected chi connectivity index (χ1v) is 3.88. The summed E-state index contributed by atoms with van der Waals surface area (Å²) in [5.41, 5.74) is 3.91. The summed E-state index contributed by atoms with van der Waals surface area (Å²) < 4.78 is 0. The molecule has 0 aliphatic rings. The summed E-state index contributed by atoms with van der Waals surface area (Å²) in [4.78, 5) is 8.45. The third-order valence-electron chi connectivity index (χ3n) is 1.76. The number of nitrogens with zero attached hydrogens (tertiary/aromatic N) is 2. The van der Waals surface area contributed by atoms with E-state index in [0.29, 0.717) is 0 Å². The van der Waals surface area contributed by atoms with Crippen LogP contribution in [0.15, 0.2) is 18.2 Å². The van der Waals surface area contributed by atoms with Gasteiger partial charge in [0, 0.05) is 0 Å². The zero-order chi connectivity index (χ0) is 8.55. The van der Waals surface area contributed by atoms with E-state index in [1.807, 2.05) is 32.0 Å². The average molecular weight is 157 g/mol. The zero-order valence-electron chi connectivity index (χ0n) is 7.13. The summed E-state index contributed by atoms with van der Waals surface area (Å²) in [6, 6.07) is 6.02. The highest BCUT2D eigenvalue weighted by molar-refractivity contribution is 5.74. The van der Waals surface area contributed by atoms with E-state index in [1.54, 1.807) is 0 Å². The predicted molar refractivity (Wildman–Crippen MR) is 47.8 cm³/mol. The van der Waals surface area contributed by atoms with Crippen LogP contribution < -0.4 is 0 Å². The van der Waals surface area contributed by atoms with Crippen molar-refractivity contribution in [3.8, 4) is 0 Å². The van der Waals surface area contributed by atoms with Gasteiger partial charge in [-0.3, -0.25) is 0 Å². The number of fused-ring (bicyclic) bond motifs is 1. The van der Waals surface area contributed by atoms with Crippen LogP contribution in [0.3, 0.4) is 0 Å². The Hall–Kier alpha value is -1.44. The molecule has 0 saturated heterocycles.